The molecule has 0 atom stereocenters. The highest BCUT2D eigenvalue weighted by Gasteiger charge is 2.13. The molecular weight excluding hydrogens is 352 g/mol. The van der Waals surface area contributed by atoms with Crippen LogP contribution in [0.3, 0.4) is 0 Å². The van der Waals surface area contributed by atoms with E-state index in [9.17, 15) is 14.4 Å². The lowest BCUT2D eigenvalue weighted by Gasteiger charge is -2.07. The predicted molar refractivity (Wildman–Crippen MR) is 95.6 cm³/mol. The molecule has 7 nitrogen and oxygen atoms in total. The van der Waals surface area contributed by atoms with Crippen LogP contribution in [0.15, 0.2) is 46.9 Å². The number of furan rings is 1. The van der Waals surface area contributed by atoms with Crippen LogP contribution in [-0.4, -0.2) is 17.9 Å². The van der Waals surface area contributed by atoms with E-state index < -0.39 is 17.9 Å². The maximum absolute atomic E-state index is 11.3. The molecule has 27 heavy (non-hydrogen) atoms. The van der Waals surface area contributed by atoms with Crippen molar-refractivity contribution in [2.24, 2.45) is 0 Å². The van der Waals surface area contributed by atoms with E-state index in [1.807, 2.05) is 0 Å². The Morgan fingerprint density at radius 3 is 1.81 bits per heavy atom. The third-order valence-corrected chi connectivity index (χ3v) is 3.44. The van der Waals surface area contributed by atoms with E-state index >= 15 is 0 Å². The Morgan fingerprint density at radius 1 is 0.704 bits per heavy atom. The average Bonchev–Trinajstić information content (AvgIpc) is 2.96. The van der Waals surface area contributed by atoms with Gasteiger partial charge in [0.2, 0.25) is 0 Å². The number of benzene rings is 2. The van der Waals surface area contributed by atoms with Crippen LogP contribution in [0, 0.1) is 0 Å². The van der Waals surface area contributed by atoms with Gasteiger partial charge in [-0.05, 0) is 30.3 Å². The number of carbonyl (C=O) groups excluding carboxylic acids is 3. The third kappa shape index (κ3) is 4.52. The van der Waals surface area contributed by atoms with Gasteiger partial charge in [-0.15, -0.1) is 0 Å². The molecule has 0 fully saturated rings. The smallest absolute Gasteiger partial charge is 0.308 e. The molecule has 3 aromatic rings. The molecule has 1 aromatic heterocycles. The molecule has 0 spiro atoms. The summed E-state index contributed by atoms with van der Waals surface area (Å²) in [5.41, 5.74) is 1.06. The second-order valence-corrected chi connectivity index (χ2v) is 5.78. The van der Waals surface area contributed by atoms with Gasteiger partial charge in [-0.1, -0.05) is 0 Å². The minimum absolute atomic E-state index is 0.220. The Kier molecular flexibility index (Phi) is 4.94. The lowest BCUT2D eigenvalue weighted by atomic mass is 10.1. The summed E-state index contributed by atoms with van der Waals surface area (Å²) >= 11 is 0. The third-order valence-electron chi connectivity index (χ3n) is 3.44. The van der Waals surface area contributed by atoms with Gasteiger partial charge in [0.05, 0.1) is 0 Å². The molecule has 3 rings (SSSR count). The summed E-state index contributed by atoms with van der Waals surface area (Å²) in [6.07, 6.45) is 0. The summed E-state index contributed by atoms with van der Waals surface area (Å²) in [7, 11) is 0. The second-order valence-electron chi connectivity index (χ2n) is 5.78. The zero-order valence-corrected chi connectivity index (χ0v) is 14.9. The van der Waals surface area contributed by atoms with E-state index in [4.69, 9.17) is 18.6 Å². The Bertz CT molecular complexity index is 1010. The van der Waals surface area contributed by atoms with Crippen LogP contribution in [0.2, 0.25) is 0 Å². The molecule has 0 saturated carbocycles. The van der Waals surface area contributed by atoms with Crippen molar-refractivity contribution in [2.45, 2.75) is 20.8 Å². The highest BCUT2D eigenvalue weighted by Crippen LogP contribution is 2.34. The molecule has 138 valence electrons. The van der Waals surface area contributed by atoms with Gasteiger partial charge in [0.25, 0.3) is 0 Å². The van der Waals surface area contributed by atoms with Crippen molar-refractivity contribution in [3.8, 4) is 28.6 Å². The number of hydrogen-bond donors (Lipinski definition) is 0. The van der Waals surface area contributed by atoms with Crippen molar-refractivity contribution in [3.05, 3.63) is 42.5 Å². The normalized spacial score (nSPS) is 10.5. The highest BCUT2D eigenvalue weighted by molar-refractivity contribution is 5.85. The zero-order chi connectivity index (χ0) is 19.6. The zero-order valence-electron chi connectivity index (χ0n) is 14.9. The minimum Gasteiger partial charge on any atom is -0.456 e. The summed E-state index contributed by atoms with van der Waals surface area (Å²) in [6.45, 7) is 3.86. The number of rotatable bonds is 4. The van der Waals surface area contributed by atoms with Crippen LogP contribution in [0.5, 0.6) is 17.2 Å². The largest absolute Gasteiger partial charge is 0.456 e. The van der Waals surface area contributed by atoms with Crippen LogP contribution >= 0.6 is 0 Å². The van der Waals surface area contributed by atoms with E-state index in [1.165, 1.54) is 26.8 Å². The van der Waals surface area contributed by atoms with Crippen LogP contribution in [0.25, 0.3) is 22.3 Å². The van der Waals surface area contributed by atoms with Gasteiger partial charge in [0.15, 0.2) is 0 Å². The average molecular weight is 368 g/mol. The van der Waals surface area contributed by atoms with Crippen molar-refractivity contribution in [1.82, 2.24) is 0 Å². The van der Waals surface area contributed by atoms with Gasteiger partial charge in [0.1, 0.15) is 28.6 Å². The molecule has 0 aliphatic carbocycles. The van der Waals surface area contributed by atoms with E-state index in [2.05, 4.69) is 0 Å². The molecule has 0 saturated heterocycles. The fourth-order valence-corrected chi connectivity index (χ4v) is 2.55. The van der Waals surface area contributed by atoms with Crippen molar-refractivity contribution >= 4 is 28.9 Å². The van der Waals surface area contributed by atoms with E-state index in [0.717, 1.165) is 5.39 Å². The van der Waals surface area contributed by atoms with Crippen molar-refractivity contribution in [3.63, 3.8) is 0 Å². The van der Waals surface area contributed by atoms with Crippen LogP contribution in [0.4, 0.5) is 0 Å². The van der Waals surface area contributed by atoms with Gasteiger partial charge >= 0.3 is 17.9 Å². The summed E-state index contributed by atoms with van der Waals surface area (Å²) < 4.78 is 21.1. The lowest BCUT2D eigenvalue weighted by molar-refractivity contribution is -0.133. The molecule has 0 N–H and O–H groups in total. The molecule has 1 heterocycles. The SMILES string of the molecule is CC(=O)Oc1cc(OC(C)=O)cc(-c2cc3ccc(OC(C)=O)cc3o2)c1. The fraction of sp³-hybridized carbons (Fsp3) is 0.150. The summed E-state index contributed by atoms with van der Waals surface area (Å²) in [4.78, 5) is 33.6. The minimum atomic E-state index is -0.503. The highest BCUT2D eigenvalue weighted by atomic mass is 16.5. The van der Waals surface area contributed by atoms with E-state index in [-0.39, 0.29) is 11.5 Å². The monoisotopic (exact) mass is 368 g/mol. The topological polar surface area (TPSA) is 92.0 Å². The van der Waals surface area contributed by atoms with Crippen molar-refractivity contribution in [2.75, 3.05) is 0 Å². The number of hydrogen-bond acceptors (Lipinski definition) is 7. The second kappa shape index (κ2) is 7.33. The van der Waals surface area contributed by atoms with Crippen molar-refractivity contribution < 1.29 is 33.0 Å². The van der Waals surface area contributed by atoms with Crippen molar-refractivity contribution in [1.29, 1.82) is 0 Å². The molecule has 7 heteroatoms. The fourth-order valence-electron chi connectivity index (χ4n) is 2.55. The van der Waals surface area contributed by atoms with Gasteiger partial charge in [-0.2, -0.15) is 0 Å². The molecule has 0 bridgehead atoms. The summed E-state index contributed by atoms with van der Waals surface area (Å²) in [5, 5.41) is 0.785. The van der Waals surface area contributed by atoms with Gasteiger partial charge in [-0.3, -0.25) is 14.4 Å². The van der Waals surface area contributed by atoms with Crippen LogP contribution in [0.1, 0.15) is 20.8 Å². The standard InChI is InChI=1S/C20H16O7/c1-11(21)24-16-5-4-14-8-19(27-20(14)10-16)15-6-17(25-12(2)22)9-18(7-15)26-13(3)23/h4-10H,1-3H3. The predicted octanol–water partition coefficient (Wildman–Crippen LogP) is 3.88. The van der Waals surface area contributed by atoms with Gasteiger partial charge in [0, 0.05) is 43.9 Å². The van der Waals surface area contributed by atoms with E-state index in [1.54, 1.807) is 36.4 Å². The summed E-state index contributed by atoms with van der Waals surface area (Å²) in [5.74, 6) is -0.165. The molecule has 0 radical (unpaired) electrons. The Morgan fingerprint density at radius 2 is 1.26 bits per heavy atom. The Balaban J connectivity index is 2.04. The number of esters is 3. The summed E-state index contributed by atoms with van der Waals surface area (Å²) in [6, 6.07) is 11.4. The first kappa shape index (κ1) is 18.2. The van der Waals surface area contributed by atoms with Crippen LogP contribution < -0.4 is 14.2 Å². The maximum Gasteiger partial charge on any atom is 0.308 e. The van der Waals surface area contributed by atoms with Gasteiger partial charge < -0.3 is 18.6 Å². The van der Waals surface area contributed by atoms with Gasteiger partial charge in [-0.25, -0.2) is 0 Å². The van der Waals surface area contributed by atoms with Crippen LogP contribution in [-0.2, 0) is 14.4 Å². The van der Waals surface area contributed by atoms with E-state index in [0.29, 0.717) is 22.7 Å². The lowest BCUT2D eigenvalue weighted by Crippen LogP contribution is -2.04. The number of ether oxygens (including phenoxy) is 3. The molecule has 2 aromatic carbocycles. The first-order valence-electron chi connectivity index (χ1n) is 8.04. The maximum atomic E-state index is 11.3. The molecule has 0 amide bonds. The first-order chi connectivity index (χ1) is 12.8. The Labute approximate surface area is 154 Å². The molecule has 0 aliphatic rings. The molecule has 0 unspecified atom stereocenters. The number of fused-ring (bicyclic) bond motifs is 1. The quantitative estimate of drug-likeness (QED) is 0.510. The molecular formula is C20H16O7. The molecule has 0 aliphatic heterocycles. The Hall–Kier alpha value is -3.61. The number of carbonyl (C=O) groups is 3. The first-order valence-corrected chi connectivity index (χ1v) is 8.04.